The third-order valence-corrected chi connectivity index (χ3v) is 4.66. The summed E-state index contributed by atoms with van der Waals surface area (Å²) in [5, 5.41) is 3.28. The Morgan fingerprint density at radius 3 is 2.86 bits per heavy atom. The molecule has 1 aromatic heterocycles. The summed E-state index contributed by atoms with van der Waals surface area (Å²) in [6.07, 6.45) is 0. The highest BCUT2D eigenvalue weighted by atomic mass is 79.9. The van der Waals surface area contributed by atoms with E-state index in [2.05, 4.69) is 42.2 Å². The van der Waals surface area contributed by atoms with Crippen LogP contribution in [0.25, 0.3) is 0 Å². The van der Waals surface area contributed by atoms with Crippen molar-refractivity contribution in [2.45, 2.75) is 10.3 Å². The number of nitrogens with two attached hydrogens (primary N) is 1. The summed E-state index contributed by atoms with van der Waals surface area (Å²) < 4.78 is 12.7. The summed E-state index contributed by atoms with van der Waals surface area (Å²) in [6, 6.07) is 4.01. The van der Waals surface area contributed by atoms with Crippen LogP contribution in [-0.4, -0.2) is 10.9 Å². The zero-order chi connectivity index (χ0) is 15.6. The van der Waals surface area contributed by atoms with Gasteiger partial charge in [0.05, 0.1) is 5.69 Å². The van der Waals surface area contributed by atoms with Crippen LogP contribution in [0.2, 0.25) is 5.02 Å². The van der Waals surface area contributed by atoms with Crippen molar-refractivity contribution in [2.75, 3.05) is 5.73 Å². The van der Waals surface area contributed by atoms with Crippen molar-refractivity contribution >= 4 is 65.8 Å². The molecule has 1 heterocycles. The molecular weight excluding hydrogens is 448 g/mol. The van der Waals surface area contributed by atoms with Gasteiger partial charge in [0.25, 0.3) is 5.91 Å². The van der Waals surface area contributed by atoms with Gasteiger partial charge in [-0.1, -0.05) is 60.9 Å². The topological polar surface area (TPSA) is 68.0 Å². The van der Waals surface area contributed by atoms with Gasteiger partial charge in [0, 0.05) is 11.6 Å². The fraction of sp³-hybridized carbons (Fsp3) is 0.167. The Balaban J connectivity index is 2.12. The van der Waals surface area contributed by atoms with E-state index in [0.29, 0.717) is 21.3 Å². The molecule has 9 heteroatoms. The average Bonchev–Trinajstić information content (AvgIpc) is 2.80. The highest BCUT2D eigenvalue weighted by molar-refractivity contribution is 9.24. The van der Waals surface area contributed by atoms with Gasteiger partial charge in [-0.25, -0.2) is 9.37 Å². The van der Waals surface area contributed by atoms with Gasteiger partial charge in [0.15, 0.2) is 5.13 Å². The van der Waals surface area contributed by atoms with Crippen LogP contribution in [0.1, 0.15) is 24.7 Å². The van der Waals surface area contributed by atoms with Gasteiger partial charge >= 0.3 is 0 Å². The van der Waals surface area contributed by atoms with Crippen LogP contribution in [0.15, 0.2) is 18.2 Å². The lowest BCUT2D eigenvalue weighted by molar-refractivity contribution is 0.0954. The van der Waals surface area contributed by atoms with Gasteiger partial charge in [0.2, 0.25) is 0 Å². The number of nitrogens with one attached hydrogen (secondary N) is 1. The van der Waals surface area contributed by atoms with E-state index in [9.17, 15) is 9.18 Å². The molecule has 0 aliphatic carbocycles. The number of halogens is 4. The predicted octanol–water partition coefficient (Wildman–Crippen LogP) is 4.24. The zero-order valence-corrected chi connectivity index (χ0v) is 15.1. The molecule has 1 amide bonds. The lowest BCUT2D eigenvalue weighted by atomic mass is 10.2. The summed E-state index contributed by atoms with van der Waals surface area (Å²) in [6.45, 7) is 0.185. The third kappa shape index (κ3) is 4.15. The van der Waals surface area contributed by atoms with Crippen LogP contribution in [0.3, 0.4) is 0 Å². The standard InChI is InChI=1S/C12H9Br2ClFN3OS/c13-10(14)8-9(21-12(17)19-8)11(20)18-4-5-1-2-6(16)3-7(5)15/h1-3,10H,4H2,(H2,17,19)(H,18,20). The van der Waals surface area contributed by atoms with Gasteiger partial charge in [0.1, 0.15) is 14.4 Å². The maximum atomic E-state index is 13.0. The second-order valence-corrected chi connectivity index (χ2v) is 8.48. The van der Waals surface area contributed by atoms with E-state index in [4.69, 9.17) is 17.3 Å². The maximum Gasteiger partial charge on any atom is 0.263 e. The Morgan fingerprint density at radius 1 is 1.52 bits per heavy atom. The lowest BCUT2D eigenvalue weighted by Crippen LogP contribution is -2.23. The molecule has 0 saturated carbocycles. The Kier molecular flexibility index (Phi) is 5.59. The number of nitrogens with zero attached hydrogens (tertiary/aromatic N) is 1. The first-order chi connectivity index (χ1) is 9.88. The van der Waals surface area contributed by atoms with Crippen molar-refractivity contribution in [2.24, 2.45) is 0 Å². The first kappa shape index (κ1) is 16.7. The smallest absolute Gasteiger partial charge is 0.263 e. The molecule has 0 bridgehead atoms. The van der Waals surface area contributed by atoms with Crippen molar-refractivity contribution in [1.29, 1.82) is 0 Å². The van der Waals surface area contributed by atoms with Crippen molar-refractivity contribution in [3.8, 4) is 0 Å². The number of carbonyl (C=O) groups is 1. The van der Waals surface area contributed by atoms with Crippen LogP contribution in [0.5, 0.6) is 0 Å². The minimum absolute atomic E-state index is 0.185. The van der Waals surface area contributed by atoms with Crippen molar-refractivity contribution in [3.05, 3.63) is 45.2 Å². The maximum absolute atomic E-state index is 13.0. The molecule has 3 N–H and O–H groups in total. The molecule has 0 spiro atoms. The fourth-order valence-electron chi connectivity index (χ4n) is 1.58. The number of benzene rings is 1. The fourth-order valence-corrected chi connectivity index (χ4v) is 3.57. The van der Waals surface area contributed by atoms with Gasteiger partial charge in [-0.2, -0.15) is 0 Å². The second-order valence-electron chi connectivity index (χ2n) is 3.99. The molecule has 0 aliphatic heterocycles. The first-order valence-corrected chi connectivity index (χ1v) is 8.67. The summed E-state index contributed by atoms with van der Waals surface area (Å²) >= 11 is 13.6. The quantitative estimate of drug-likeness (QED) is 0.675. The molecule has 2 rings (SSSR count). The molecule has 0 radical (unpaired) electrons. The van der Waals surface area contributed by atoms with E-state index < -0.39 is 5.82 Å². The number of hydrogen-bond donors (Lipinski definition) is 2. The number of anilines is 1. The summed E-state index contributed by atoms with van der Waals surface area (Å²) in [5.74, 6) is -0.738. The first-order valence-electron chi connectivity index (χ1n) is 5.65. The van der Waals surface area contributed by atoms with Crippen molar-refractivity contribution in [1.82, 2.24) is 10.3 Å². The molecule has 1 aromatic carbocycles. The highest BCUT2D eigenvalue weighted by Gasteiger charge is 2.21. The van der Waals surface area contributed by atoms with Crippen LogP contribution < -0.4 is 11.1 Å². The molecule has 0 aliphatic rings. The summed E-state index contributed by atoms with van der Waals surface area (Å²) in [5.41, 5.74) is 6.76. The van der Waals surface area contributed by atoms with Crippen molar-refractivity contribution < 1.29 is 9.18 Å². The van der Waals surface area contributed by atoms with E-state index in [1.165, 1.54) is 18.2 Å². The second kappa shape index (κ2) is 7.04. The largest absolute Gasteiger partial charge is 0.375 e. The number of amides is 1. The monoisotopic (exact) mass is 455 g/mol. The van der Waals surface area contributed by atoms with E-state index in [1.54, 1.807) is 0 Å². The number of nitrogen functional groups attached to an aromatic ring is 1. The lowest BCUT2D eigenvalue weighted by Gasteiger charge is -2.07. The Bertz CT molecular complexity index is 681. The predicted molar refractivity (Wildman–Crippen MR) is 89.7 cm³/mol. The molecule has 112 valence electrons. The number of alkyl halides is 2. The molecule has 0 unspecified atom stereocenters. The molecule has 4 nitrogen and oxygen atoms in total. The Hall–Kier alpha value is -0.700. The van der Waals surface area contributed by atoms with Crippen LogP contribution >= 0.6 is 54.8 Å². The minimum Gasteiger partial charge on any atom is -0.375 e. The van der Waals surface area contributed by atoms with Gasteiger partial charge in [-0.05, 0) is 17.7 Å². The zero-order valence-electron chi connectivity index (χ0n) is 10.4. The van der Waals surface area contributed by atoms with E-state index in [0.717, 1.165) is 11.3 Å². The SMILES string of the molecule is Nc1nc(C(Br)Br)c(C(=O)NCc2ccc(F)cc2Cl)s1. The summed E-state index contributed by atoms with van der Waals surface area (Å²) in [7, 11) is 0. The molecule has 2 aromatic rings. The molecule has 0 fully saturated rings. The molecule has 0 saturated heterocycles. The Morgan fingerprint density at radius 2 is 2.24 bits per heavy atom. The van der Waals surface area contributed by atoms with Crippen LogP contribution in [-0.2, 0) is 6.54 Å². The molecular formula is C12H9Br2ClFN3OS. The molecule has 0 atom stereocenters. The third-order valence-electron chi connectivity index (χ3n) is 2.54. The number of hydrogen-bond acceptors (Lipinski definition) is 4. The number of rotatable bonds is 4. The van der Waals surface area contributed by atoms with Crippen LogP contribution in [0.4, 0.5) is 9.52 Å². The van der Waals surface area contributed by atoms with Gasteiger partial charge in [-0.3, -0.25) is 4.79 Å². The van der Waals surface area contributed by atoms with E-state index in [1.807, 2.05) is 0 Å². The van der Waals surface area contributed by atoms with Crippen LogP contribution in [0, 0.1) is 5.82 Å². The normalized spacial score (nSPS) is 10.9. The number of aromatic nitrogens is 1. The Labute approximate surface area is 146 Å². The van der Waals surface area contributed by atoms with E-state index in [-0.39, 0.29) is 21.2 Å². The average molecular weight is 458 g/mol. The molecule has 21 heavy (non-hydrogen) atoms. The summed E-state index contributed by atoms with van der Waals surface area (Å²) in [4.78, 5) is 16.7. The van der Waals surface area contributed by atoms with E-state index >= 15 is 0 Å². The van der Waals surface area contributed by atoms with Gasteiger partial charge < -0.3 is 11.1 Å². The van der Waals surface area contributed by atoms with Crippen molar-refractivity contribution in [3.63, 3.8) is 0 Å². The highest BCUT2D eigenvalue weighted by Crippen LogP contribution is 2.34. The number of thiazole rings is 1. The van der Waals surface area contributed by atoms with Gasteiger partial charge in [-0.15, -0.1) is 0 Å². The minimum atomic E-state index is -0.422. The number of carbonyl (C=O) groups excluding carboxylic acids is 1.